The average molecular weight is 623 g/mol. The summed E-state index contributed by atoms with van der Waals surface area (Å²) in [6.07, 6.45) is 3.00. The third-order valence-electron chi connectivity index (χ3n) is 8.26. The Hall–Kier alpha value is -1.90. The van der Waals surface area contributed by atoms with Gasteiger partial charge in [-0.2, -0.15) is 0 Å². The monoisotopic (exact) mass is 621 g/mol. The molecule has 41 heavy (non-hydrogen) atoms. The standard InChI is InChI=1S/C32H41Cl2NO5S/c1-7-26(15-16-41(37,38)21(2)3)35-29(22-11-13-24(33)14-12-22)28(23-9-8-10-25(34)17-23)19-32(6,30(35)36)18-27-20-39-31(4,5)40-27/h8-17,21,26-29H,7,18-20H2,1-6H3/b16-15+/t26-,27+,28+,29?,32-/m0/s1. The molecule has 224 valence electrons. The highest BCUT2D eigenvalue weighted by molar-refractivity contribution is 7.94. The lowest BCUT2D eigenvalue weighted by molar-refractivity contribution is -0.161. The highest BCUT2D eigenvalue weighted by Gasteiger charge is 2.53. The van der Waals surface area contributed by atoms with Gasteiger partial charge in [-0.05, 0) is 82.3 Å². The van der Waals surface area contributed by atoms with Crippen molar-refractivity contribution in [1.82, 2.24) is 4.90 Å². The second-order valence-corrected chi connectivity index (χ2v) is 15.5. The van der Waals surface area contributed by atoms with Gasteiger partial charge in [-0.25, -0.2) is 8.42 Å². The number of amides is 1. The predicted octanol–water partition coefficient (Wildman–Crippen LogP) is 7.71. The van der Waals surface area contributed by atoms with E-state index >= 15 is 0 Å². The van der Waals surface area contributed by atoms with Gasteiger partial charge in [0.25, 0.3) is 0 Å². The largest absolute Gasteiger partial charge is 0.348 e. The van der Waals surface area contributed by atoms with Gasteiger partial charge in [0.05, 0.1) is 30.0 Å². The summed E-state index contributed by atoms with van der Waals surface area (Å²) >= 11 is 12.8. The highest BCUT2D eigenvalue weighted by atomic mass is 35.5. The minimum absolute atomic E-state index is 0.0394. The van der Waals surface area contributed by atoms with E-state index in [9.17, 15) is 13.2 Å². The molecule has 0 bridgehead atoms. The van der Waals surface area contributed by atoms with Crippen LogP contribution in [-0.2, 0) is 24.1 Å². The molecule has 1 amide bonds. The Kier molecular flexibility index (Phi) is 9.66. The van der Waals surface area contributed by atoms with Crippen molar-refractivity contribution in [1.29, 1.82) is 0 Å². The molecule has 4 rings (SSSR count). The summed E-state index contributed by atoms with van der Waals surface area (Å²) < 4.78 is 37.6. The summed E-state index contributed by atoms with van der Waals surface area (Å²) in [5, 5.41) is 1.93. The van der Waals surface area contributed by atoms with E-state index in [0.717, 1.165) is 11.1 Å². The predicted molar refractivity (Wildman–Crippen MR) is 165 cm³/mol. The van der Waals surface area contributed by atoms with Gasteiger partial charge in [0, 0.05) is 26.8 Å². The number of benzene rings is 2. The molecule has 2 aliphatic heterocycles. The van der Waals surface area contributed by atoms with E-state index in [4.69, 9.17) is 32.7 Å². The van der Waals surface area contributed by atoms with E-state index < -0.39 is 32.3 Å². The van der Waals surface area contributed by atoms with Gasteiger partial charge in [-0.15, -0.1) is 0 Å². The van der Waals surface area contributed by atoms with E-state index in [2.05, 4.69) is 0 Å². The lowest BCUT2D eigenvalue weighted by Gasteiger charge is -2.52. The van der Waals surface area contributed by atoms with Crippen LogP contribution < -0.4 is 0 Å². The first-order valence-electron chi connectivity index (χ1n) is 14.2. The van der Waals surface area contributed by atoms with Crippen LogP contribution in [0.4, 0.5) is 0 Å². The molecular weight excluding hydrogens is 581 g/mol. The molecule has 0 spiro atoms. The van der Waals surface area contributed by atoms with Gasteiger partial charge in [0.15, 0.2) is 15.6 Å². The molecule has 2 fully saturated rings. The third kappa shape index (κ3) is 7.19. The summed E-state index contributed by atoms with van der Waals surface area (Å²) in [6, 6.07) is 14.5. The van der Waals surface area contributed by atoms with Crippen LogP contribution in [0.1, 0.15) is 83.9 Å². The summed E-state index contributed by atoms with van der Waals surface area (Å²) in [4.78, 5) is 16.6. The number of carbonyl (C=O) groups excluding carboxylic acids is 1. The second-order valence-electron chi connectivity index (χ2n) is 12.2. The van der Waals surface area contributed by atoms with Crippen LogP contribution in [-0.4, -0.2) is 49.0 Å². The highest BCUT2D eigenvalue weighted by Crippen LogP contribution is 2.53. The van der Waals surface area contributed by atoms with Crippen molar-refractivity contribution in [3.8, 4) is 0 Å². The van der Waals surface area contributed by atoms with Gasteiger partial charge in [0.1, 0.15) is 0 Å². The number of rotatable bonds is 9. The molecule has 5 atom stereocenters. The van der Waals surface area contributed by atoms with Crippen LogP contribution in [0.15, 0.2) is 60.0 Å². The number of hydrogen-bond acceptors (Lipinski definition) is 5. The fourth-order valence-electron chi connectivity index (χ4n) is 6.08. The van der Waals surface area contributed by atoms with E-state index in [1.165, 1.54) is 5.41 Å². The van der Waals surface area contributed by atoms with Crippen LogP contribution in [0.5, 0.6) is 0 Å². The zero-order valence-electron chi connectivity index (χ0n) is 24.6. The molecule has 9 heteroatoms. The summed E-state index contributed by atoms with van der Waals surface area (Å²) in [5.41, 5.74) is 1.14. The molecule has 1 unspecified atom stereocenters. The number of nitrogens with zero attached hydrogens (tertiary/aromatic N) is 1. The quantitative estimate of drug-likeness (QED) is 0.287. The number of halogens is 2. The first kappa shape index (κ1) is 32.0. The SMILES string of the molecule is CC[C@@H](/C=C/S(=O)(=O)C(C)C)N1C(=O)[C@@](C)(C[C@@H]2COC(C)(C)O2)C[C@H](c2cccc(Cl)c2)C1c1ccc(Cl)cc1. The Bertz CT molecular complexity index is 1370. The Morgan fingerprint density at radius 1 is 1.05 bits per heavy atom. The van der Waals surface area contributed by atoms with Gasteiger partial charge < -0.3 is 14.4 Å². The normalized spacial score (nSPS) is 27.6. The lowest BCUT2D eigenvalue weighted by Crippen LogP contribution is -2.56. The topological polar surface area (TPSA) is 72.9 Å². The van der Waals surface area contributed by atoms with E-state index in [1.54, 1.807) is 19.9 Å². The van der Waals surface area contributed by atoms with E-state index in [0.29, 0.717) is 35.9 Å². The van der Waals surface area contributed by atoms with Crippen molar-refractivity contribution in [2.75, 3.05) is 6.61 Å². The molecule has 2 heterocycles. The molecule has 2 aromatic rings. The molecular formula is C32H41Cl2NO5S. The number of likely N-dealkylation sites (tertiary alicyclic amines) is 1. The van der Waals surface area contributed by atoms with Crippen molar-refractivity contribution < 1.29 is 22.7 Å². The maximum absolute atomic E-state index is 14.7. The molecule has 0 aliphatic carbocycles. The number of sulfone groups is 1. The summed E-state index contributed by atoms with van der Waals surface area (Å²) in [7, 11) is -3.47. The minimum Gasteiger partial charge on any atom is -0.348 e. The van der Waals surface area contributed by atoms with Crippen LogP contribution in [0.3, 0.4) is 0 Å². The van der Waals surface area contributed by atoms with Crippen molar-refractivity contribution in [2.45, 2.75) is 95.9 Å². The van der Waals surface area contributed by atoms with Crippen LogP contribution in [0.25, 0.3) is 0 Å². The van der Waals surface area contributed by atoms with E-state index in [-0.39, 0.29) is 24.0 Å². The third-order valence-corrected chi connectivity index (χ3v) is 10.6. The molecule has 2 aromatic carbocycles. The zero-order valence-corrected chi connectivity index (χ0v) is 27.0. The van der Waals surface area contributed by atoms with Crippen molar-refractivity contribution >= 4 is 38.9 Å². The van der Waals surface area contributed by atoms with Gasteiger partial charge in [-0.3, -0.25) is 4.79 Å². The fraction of sp³-hybridized carbons (Fsp3) is 0.531. The van der Waals surface area contributed by atoms with Crippen molar-refractivity contribution in [2.24, 2.45) is 5.41 Å². The number of ether oxygens (including phenoxy) is 2. The van der Waals surface area contributed by atoms with Crippen molar-refractivity contribution in [3.63, 3.8) is 0 Å². The molecule has 2 saturated heterocycles. The maximum Gasteiger partial charge on any atom is 0.229 e. The average Bonchev–Trinajstić information content (AvgIpc) is 3.24. The Balaban J connectivity index is 1.88. The van der Waals surface area contributed by atoms with Gasteiger partial charge in [-0.1, -0.05) is 67.4 Å². The molecule has 0 radical (unpaired) electrons. The number of piperidine rings is 1. The maximum atomic E-state index is 14.7. The fourth-order valence-corrected chi connectivity index (χ4v) is 7.12. The molecule has 0 N–H and O–H groups in total. The summed E-state index contributed by atoms with van der Waals surface area (Å²) in [6.45, 7) is 11.4. The number of hydrogen-bond donors (Lipinski definition) is 0. The van der Waals surface area contributed by atoms with Gasteiger partial charge in [0.2, 0.25) is 5.91 Å². The molecule has 6 nitrogen and oxygen atoms in total. The summed E-state index contributed by atoms with van der Waals surface area (Å²) in [5.74, 6) is -0.879. The van der Waals surface area contributed by atoms with Gasteiger partial charge >= 0.3 is 0 Å². The smallest absolute Gasteiger partial charge is 0.229 e. The Labute approximate surface area is 254 Å². The Morgan fingerprint density at radius 2 is 1.73 bits per heavy atom. The molecule has 2 aliphatic rings. The van der Waals surface area contributed by atoms with Crippen LogP contribution >= 0.6 is 23.2 Å². The molecule has 0 saturated carbocycles. The first-order valence-corrected chi connectivity index (χ1v) is 16.6. The van der Waals surface area contributed by atoms with Crippen LogP contribution in [0, 0.1) is 5.41 Å². The second kappa shape index (κ2) is 12.4. The lowest BCUT2D eigenvalue weighted by atomic mass is 9.66. The Morgan fingerprint density at radius 3 is 2.29 bits per heavy atom. The van der Waals surface area contributed by atoms with Crippen LogP contribution in [0.2, 0.25) is 10.0 Å². The molecule has 0 aromatic heterocycles. The van der Waals surface area contributed by atoms with Crippen molar-refractivity contribution in [3.05, 3.63) is 81.2 Å². The zero-order chi connectivity index (χ0) is 30.2. The van der Waals surface area contributed by atoms with E-state index in [1.807, 2.05) is 81.1 Å². The minimum atomic E-state index is -3.47. The number of carbonyl (C=O) groups is 1. The first-order chi connectivity index (χ1) is 19.2.